The number of nitrogens with zero attached hydrogens (tertiary/aromatic N) is 4. The second-order valence-corrected chi connectivity index (χ2v) is 9.29. The highest BCUT2D eigenvalue weighted by atomic mass is 35.5. The zero-order valence-electron chi connectivity index (χ0n) is 20.6. The van der Waals surface area contributed by atoms with E-state index in [4.69, 9.17) is 11.6 Å². The van der Waals surface area contributed by atoms with E-state index in [-0.39, 0.29) is 39.5 Å². The number of rotatable bonds is 7. The standard InChI is InChI=1S/C27H19ClF4N6O2/c1-13-5-8-20(30)22-21(13)27(40)36-24(35-22)18(14-3-2-4-15(29)9-14)11-33-26(39)17-7-6-16(10-19(17)28)38-12-34-37-25(38)23(31)32/h2-10,12,18,23H,11H2,1H3,(H,33,39)(H,35,36,40). The van der Waals surface area contributed by atoms with Gasteiger partial charge in [-0.1, -0.05) is 29.8 Å². The molecule has 2 aromatic heterocycles. The summed E-state index contributed by atoms with van der Waals surface area (Å²) in [6.45, 7) is 1.47. The van der Waals surface area contributed by atoms with E-state index in [1.807, 2.05) is 0 Å². The van der Waals surface area contributed by atoms with Gasteiger partial charge in [-0.05, 0) is 54.4 Å². The first-order chi connectivity index (χ1) is 19.1. The van der Waals surface area contributed by atoms with Gasteiger partial charge in [0.2, 0.25) is 5.82 Å². The highest BCUT2D eigenvalue weighted by Crippen LogP contribution is 2.27. The molecule has 0 bridgehead atoms. The van der Waals surface area contributed by atoms with Crippen molar-refractivity contribution in [2.75, 3.05) is 6.54 Å². The van der Waals surface area contributed by atoms with Gasteiger partial charge in [0.15, 0.2) is 0 Å². The van der Waals surface area contributed by atoms with Gasteiger partial charge in [0.1, 0.15) is 29.3 Å². The summed E-state index contributed by atoms with van der Waals surface area (Å²) in [6.07, 6.45) is -1.78. The zero-order chi connectivity index (χ0) is 28.6. The van der Waals surface area contributed by atoms with Crippen molar-refractivity contribution in [1.29, 1.82) is 0 Å². The minimum atomic E-state index is -2.88. The lowest BCUT2D eigenvalue weighted by Gasteiger charge is -2.19. The third-order valence-corrected chi connectivity index (χ3v) is 6.64. The Kier molecular flexibility index (Phi) is 7.35. The molecule has 0 saturated carbocycles. The van der Waals surface area contributed by atoms with Crippen LogP contribution in [0.1, 0.15) is 45.5 Å². The molecule has 5 rings (SSSR count). The van der Waals surface area contributed by atoms with E-state index < -0.39 is 41.3 Å². The molecule has 0 fully saturated rings. The maximum absolute atomic E-state index is 14.6. The number of halogens is 5. The molecule has 0 spiro atoms. The Balaban J connectivity index is 1.47. The number of aryl methyl sites for hydroxylation is 1. The molecule has 2 heterocycles. The van der Waals surface area contributed by atoms with Gasteiger partial charge < -0.3 is 10.3 Å². The summed E-state index contributed by atoms with van der Waals surface area (Å²) in [6, 6.07) is 12.2. The molecule has 3 aromatic carbocycles. The van der Waals surface area contributed by atoms with Gasteiger partial charge in [-0.15, -0.1) is 10.2 Å². The second kappa shape index (κ2) is 10.9. The summed E-state index contributed by atoms with van der Waals surface area (Å²) >= 11 is 6.31. The number of aromatic amines is 1. The Bertz CT molecular complexity index is 1810. The summed E-state index contributed by atoms with van der Waals surface area (Å²) in [5.41, 5.74) is 0.399. The van der Waals surface area contributed by atoms with Gasteiger partial charge in [0.05, 0.1) is 27.6 Å². The molecule has 0 aliphatic carbocycles. The lowest BCUT2D eigenvalue weighted by atomic mass is 9.97. The third-order valence-electron chi connectivity index (χ3n) is 6.33. The fourth-order valence-electron chi connectivity index (χ4n) is 4.37. The predicted molar refractivity (Wildman–Crippen MR) is 139 cm³/mol. The lowest BCUT2D eigenvalue weighted by molar-refractivity contribution is 0.0952. The van der Waals surface area contributed by atoms with E-state index >= 15 is 0 Å². The van der Waals surface area contributed by atoms with Crippen LogP contribution in [0, 0.1) is 18.6 Å². The summed E-state index contributed by atoms with van der Waals surface area (Å²) < 4.78 is 56.2. The highest BCUT2D eigenvalue weighted by molar-refractivity contribution is 6.34. The van der Waals surface area contributed by atoms with Crippen molar-refractivity contribution in [3.63, 3.8) is 0 Å². The molecule has 8 nitrogen and oxygen atoms in total. The van der Waals surface area contributed by atoms with Crippen molar-refractivity contribution in [2.45, 2.75) is 19.3 Å². The maximum atomic E-state index is 14.6. The summed E-state index contributed by atoms with van der Waals surface area (Å²) in [7, 11) is 0. The molecule has 0 saturated heterocycles. The molecule has 1 atom stereocenters. The van der Waals surface area contributed by atoms with Gasteiger partial charge in [-0.25, -0.2) is 22.5 Å². The minimum Gasteiger partial charge on any atom is -0.351 e. The Morgan fingerprint density at radius 1 is 1.12 bits per heavy atom. The molecular formula is C27H19ClF4N6O2. The first-order valence-corrected chi connectivity index (χ1v) is 12.2. The molecule has 5 aromatic rings. The van der Waals surface area contributed by atoms with Crippen molar-refractivity contribution in [3.8, 4) is 5.69 Å². The van der Waals surface area contributed by atoms with Crippen molar-refractivity contribution in [3.05, 3.63) is 116 Å². The number of aromatic nitrogens is 5. The number of hydrogen-bond donors (Lipinski definition) is 2. The van der Waals surface area contributed by atoms with E-state index in [1.165, 1.54) is 48.5 Å². The van der Waals surface area contributed by atoms with Crippen LogP contribution in [0.3, 0.4) is 0 Å². The van der Waals surface area contributed by atoms with Crippen LogP contribution in [0.4, 0.5) is 17.6 Å². The maximum Gasteiger partial charge on any atom is 0.297 e. The molecule has 0 radical (unpaired) electrons. The van der Waals surface area contributed by atoms with Crippen molar-refractivity contribution >= 4 is 28.4 Å². The number of hydrogen-bond acceptors (Lipinski definition) is 5. The average molecular weight is 571 g/mol. The number of carbonyl (C=O) groups is 1. The normalized spacial score (nSPS) is 12.2. The molecule has 2 N–H and O–H groups in total. The van der Waals surface area contributed by atoms with Crippen LogP contribution in [0.5, 0.6) is 0 Å². The van der Waals surface area contributed by atoms with Crippen molar-refractivity contribution in [1.82, 2.24) is 30.0 Å². The molecule has 204 valence electrons. The average Bonchev–Trinajstić information content (AvgIpc) is 3.41. The van der Waals surface area contributed by atoms with E-state index in [0.29, 0.717) is 11.1 Å². The largest absolute Gasteiger partial charge is 0.351 e. The lowest BCUT2D eigenvalue weighted by Crippen LogP contribution is -2.31. The molecule has 0 aliphatic rings. The van der Waals surface area contributed by atoms with Gasteiger partial charge >= 0.3 is 0 Å². The number of carbonyl (C=O) groups excluding carboxylic acids is 1. The molecule has 1 amide bonds. The van der Waals surface area contributed by atoms with Crippen LogP contribution in [0.25, 0.3) is 16.6 Å². The Labute approximate surface area is 228 Å². The molecule has 0 aliphatic heterocycles. The van der Waals surface area contributed by atoms with Crippen LogP contribution in [0.15, 0.2) is 65.7 Å². The number of H-pyrrole nitrogens is 1. The van der Waals surface area contributed by atoms with Crippen LogP contribution >= 0.6 is 11.6 Å². The Morgan fingerprint density at radius 3 is 2.65 bits per heavy atom. The van der Waals surface area contributed by atoms with Gasteiger partial charge in [-0.3, -0.25) is 14.2 Å². The zero-order valence-corrected chi connectivity index (χ0v) is 21.4. The van der Waals surface area contributed by atoms with Gasteiger partial charge in [0.25, 0.3) is 17.9 Å². The third kappa shape index (κ3) is 5.17. The fourth-order valence-corrected chi connectivity index (χ4v) is 4.63. The quantitative estimate of drug-likeness (QED) is 0.260. The monoisotopic (exact) mass is 570 g/mol. The smallest absolute Gasteiger partial charge is 0.297 e. The van der Waals surface area contributed by atoms with E-state index in [0.717, 1.165) is 10.9 Å². The Hall–Kier alpha value is -4.58. The minimum absolute atomic E-state index is 0.0153. The van der Waals surface area contributed by atoms with Crippen LogP contribution in [0.2, 0.25) is 5.02 Å². The van der Waals surface area contributed by atoms with E-state index in [1.54, 1.807) is 13.0 Å². The molecule has 13 heteroatoms. The Morgan fingerprint density at radius 2 is 1.93 bits per heavy atom. The number of alkyl halides is 2. The second-order valence-electron chi connectivity index (χ2n) is 8.88. The number of fused-ring (bicyclic) bond motifs is 1. The number of nitrogens with one attached hydrogen (secondary N) is 2. The first kappa shape index (κ1) is 27.0. The van der Waals surface area contributed by atoms with Crippen LogP contribution < -0.4 is 10.9 Å². The van der Waals surface area contributed by atoms with Crippen molar-refractivity contribution < 1.29 is 22.4 Å². The van der Waals surface area contributed by atoms with Gasteiger partial charge in [-0.2, -0.15) is 0 Å². The molecule has 1 unspecified atom stereocenters. The predicted octanol–water partition coefficient (Wildman–Crippen LogP) is 5.24. The van der Waals surface area contributed by atoms with E-state index in [9.17, 15) is 27.2 Å². The van der Waals surface area contributed by atoms with Crippen LogP contribution in [-0.4, -0.2) is 37.2 Å². The number of benzene rings is 3. The summed E-state index contributed by atoms with van der Waals surface area (Å²) in [5.74, 6) is -3.35. The topological polar surface area (TPSA) is 106 Å². The SMILES string of the molecule is Cc1ccc(F)c2nc(C(CNC(=O)c3ccc(-n4cnnc4C(F)F)cc3Cl)c3cccc(F)c3)[nH]c(=O)c12. The molecule has 40 heavy (non-hydrogen) atoms. The van der Waals surface area contributed by atoms with Crippen molar-refractivity contribution in [2.24, 2.45) is 0 Å². The summed E-state index contributed by atoms with van der Waals surface area (Å²) in [4.78, 5) is 32.9. The first-order valence-electron chi connectivity index (χ1n) is 11.8. The van der Waals surface area contributed by atoms with E-state index in [2.05, 4.69) is 25.5 Å². The fraction of sp³-hybridized carbons (Fsp3) is 0.148. The molecular weight excluding hydrogens is 552 g/mol. The summed E-state index contributed by atoms with van der Waals surface area (Å²) in [5, 5.41) is 9.59. The highest BCUT2D eigenvalue weighted by Gasteiger charge is 2.23. The van der Waals surface area contributed by atoms with Crippen LogP contribution in [-0.2, 0) is 0 Å². The van der Waals surface area contributed by atoms with Gasteiger partial charge in [0, 0.05) is 6.54 Å². The number of amides is 1.